The van der Waals surface area contributed by atoms with Crippen LogP contribution < -0.4 is 4.90 Å². The lowest BCUT2D eigenvalue weighted by atomic mass is 10.1. The van der Waals surface area contributed by atoms with Crippen molar-refractivity contribution in [1.29, 1.82) is 5.26 Å². The fraction of sp³-hybridized carbons (Fsp3) is 0.417. The summed E-state index contributed by atoms with van der Waals surface area (Å²) in [4.78, 5) is 2.15. The Kier molecular flexibility index (Phi) is 3.53. The first-order valence-electron chi connectivity index (χ1n) is 4.82. The number of para-hydroxylation sites is 1. The fourth-order valence-electron chi connectivity index (χ4n) is 1.47. The van der Waals surface area contributed by atoms with Crippen LogP contribution in [0.2, 0.25) is 0 Å². The number of rotatable bonds is 3. The van der Waals surface area contributed by atoms with Crippen molar-refractivity contribution in [1.82, 2.24) is 0 Å². The molecule has 0 saturated carbocycles. The maximum absolute atomic E-state index is 8.63. The Labute approximate surface area is 85.8 Å². The highest BCUT2D eigenvalue weighted by molar-refractivity contribution is 5.53. The first-order chi connectivity index (χ1) is 6.66. The monoisotopic (exact) mass is 188 g/mol. The highest BCUT2D eigenvalue weighted by atomic mass is 15.1. The third kappa shape index (κ3) is 2.26. The van der Waals surface area contributed by atoms with E-state index in [1.165, 1.54) is 11.3 Å². The highest BCUT2D eigenvalue weighted by Crippen LogP contribution is 2.20. The summed E-state index contributed by atoms with van der Waals surface area (Å²) in [6.45, 7) is 4.15. The first-order valence-corrected chi connectivity index (χ1v) is 4.82. The molecule has 0 N–H and O–H groups in total. The Balaban J connectivity index is 2.84. The van der Waals surface area contributed by atoms with Crippen LogP contribution in [0, 0.1) is 18.3 Å². The van der Waals surface area contributed by atoms with Crippen molar-refractivity contribution in [2.45, 2.75) is 26.3 Å². The van der Waals surface area contributed by atoms with E-state index in [9.17, 15) is 0 Å². The third-order valence-electron chi connectivity index (χ3n) is 2.54. The number of hydrogen-bond acceptors (Lipinski definition) is 2. The van der Waals surface area contributed by atoms with Gasteiger partial charge in [-0.15, -0.1) is 0 Å². The van der Waals surface area contributed by atoms with Crippen molar-refractivity contribution in [3.8, 4) is 6.07 Å². The zero-order valence-corrected chi connectivity index (χ0v) is 8.99. The Bertz CT molecular complexity index is 338. The van der Waals surface area contributed by atoms with Gasteiger partial charge in [-0.25, -0.2) is 0 Å². The normalized spacial score (nSPS) is 11.9. The van der Waals surface area contributed by atoms with Gasteiger partial charge in [0.05, 0.1) is 12.5 Å². The van der Waals surface area contributed by atoms with Crippen LogP contribution in [0.5, 0.6) is 0 Å². The van der Waals surface area contributed by atoms with Gasteiger partial charge in [-0.1, -0.05) is 18.2 Å². The van der Waals surface area contributed by atoms with E-state index in [2.05, 4.69) is 36.9 Å². The average molecular weight is 188 g/mol. The fourth-order valence-corrected chi connectivity index (χ4v) is 1.47. The van der Waals surface area contributed by atoms with Crippen molar-refractivity contribution >= 4 is 5.69 Å². The molecule has 0 aliphatic heterocycles. The molecule has 1 aromatic rings. The number of nitrogens with zero attached hydrogens (tertiary/aromatic N) is 2. The topological polar surface area (TPSA) is 27.0 Å². The molecule has 0 heterocycles. The zero-order valence-electron chi connectivity index (χ0n) is 8.99. The molecule has 0 fully saturated rings. The highest BCUT2D eigenvalue weighted by Gasteiger charge is 2.10. The minimum atomic E-state index is 0.265. The van der Waals surface area contributed by atoms with E-state index in [1.54, 1.807) is 0 Å². The van der Waals surface area contributed by atoms with Crippen LogP contribution in [0.25, 0.3) is 0 Å². The van der Waals surface area contributed by atoms with Crippen LogP contribution in [0.3, 0.4) is 0 Å². The van der Waals surface area contributed by atoms with E-state index >= 15 is 0 Å². The number of benzene rings is 1. The lowest BCUT2D eigenvalue weighted by Gasteiger charge is -2.26. The van der Waals surface area contributed by atoms with Crippen molar-refractivity contribution < 1.29 is 0 Å². The summed E-state index contributed by atoms with van der Waals surface area (Å²) in [6.07, 6.45) is 0.560. The third-order valence-corrected chi connectivity index (χ3v) is 2.54. The summed E-state index contributed by atoms with van der Waals surface area (Å²) in [6, 6.07) is 10.7. The molecule has 0 aliphatic rings. The Morgan fingerprint density at radius 1 is 1.43 bits per heavy atom. The van der Waals surface area contributed by atoms with Crippen LogP contribution in [0.15, 0.2) is 24.3 Å². The SMILES string of the molecule is Cc1ccccc1N(C)C(C)CC#N. The molecule has 0 radical (unpaired) electrons. The average Bonchev–Trinajstić information content (AvgIpc) is 2.18. The van der Waals surface area contributed by atoms with Gasteiger partial charge in [0.25, 0.3) is 0 Å². The van der Waals surface area contributed by atoms with Crippen LogP contribution in [-0.4, -0.2) is 13.1 Å². The van der Waals surface area contributed by atoms with E-state index in [4.69, 9.17) is 5.26 Å². The van der Waals surface area contributed by atoms with Crippen molar-refractivity contribution in [3.63, 3.8) is 0 Å². The van der Waals surface area contributed by atoms with Gasteiger partial charge in [-0.3, -0.25) is 0 Å². The molecule has 1 atom stereocenters. The van der Waals surface area contributed by atoms with Gasteiger partial charge in [0.2, 0.25) is 0 Å². The molecule has 74 valence electrons. The van der Waals surface area contributed by atoms with Crippen molar-refractivity contribution in [2.75, 3.05) is 11.9 Å². The Morgan fingerprint density at radius 3 is 2.64 bits per heavy atom. The summed E-state index contributed by atoms with van der Waals surface area (Å²) in [7, 11) is 2.03. The lowest BCUT2D eigenvalue weighted by molar-refractivity contribution is 0.701. The van der Waals surface area contributed by atoms with E-state index in [0.29, 0.717) is 6.42 Å². The number of anilines is 1. The standard InChI is InChI=1S/C12H16N2/c1-10-6-4-5-7-12(10)14(3)11(2)8-9-13/h4-7,11H,8H2,1-3H3. The van der Waals surface area contributed by atoms with E-state index in [-0.39, 0.29) is 6.04 Å². The molecule has 1 unspecified atom stereocenters. The molecule has 1 aromatic carbocycles. The second-order valence-electron chi connectivity index (χ2n) is 3.61. The number of hydrogen-bond donors (Lipinski definition) is 0. The van der Waals surface area contributed by atoms with Crippen LogP contribution in [0.1, 0.15) is 18.9 Å². The molecule has 0 aromatic heterocycles. The molecule has 0 aliphatic carbocycles. The predicted molar refractivity (Wildman–Crippen MR) is 59.3 cm³/mol. The molecule has 1 rings (SSSR count). The van der Waals surface area contributed by atoms with Gasteiger partial charge in [0, 0.05) is 18.8 Å². The largest absolute Gasteiger partial charge is 0.371 e. The maximum Gasteiger partial charge on any atom is 0.0643 e. The molecule has 0 bridgehead atoms. The van der Waals surface area contributed by atoms with Gasteiger partial charge in [-0.05, 0) is 25.5 Å². The van der Waals surface area contributed by atoms with Gasteiger partial charge in [0.15, 0.2) is 0 Å². The number of aryl methyl sites for hydroxylation is 1. The van der Waals surface area contributed by atoms with Crippen LogP contribution in [-0.2, 0) is 0 Å². The molecule has 2 nitrogen and oxygen atoms in total. The minimum Gasteiger partial charge on any atom is -0.371 e. The molecular weight excluding hydrogens is 172 g/mol. The molecule has 0 amide bonds. The summed E-state index contributed by atoms with van der Waals surface area (Å²) in [5.74, 6) is 0. The molecule has 2 heteroatoms. The summed E-state index contributed by atoms with van der Waals surface area (Å²) >= 11 is 0. The second-order valence-corrected chi connectivity index (χ2v) is 3.61. The van der Waals surface area contributed by atoms with Crippen molar-refractivity contribution in [2.24, 2.45) is 0 Å². The minimum absolute atomic E-state index is 0.265. The summed E-state index contributed by atoms with van der Waals surface area (Å²) < 4.78 is 0. The van der Waals surface area contributed by atoms with E-state index < -0.39 is 0 Å². The summed E-state index contributed by atoms with van der Waals surface area (Å²) in [5.41, 5.74) is 2.45. The maximum atomic E-state index is 8.63. The quantitative estimate of drug-likeness (QED) is 0.729. The van der Waals surface area contributed by atoms with Gasteiger partial charge >= 0.3 is 0 Å². The molecule has 0 spiro atoms. The zero-order chi connectivity index (χ0) is 10.6. The van der Waals surface area contributed by atoms with E-state index in [1.807, 2.05) is 19.2 Å². The van der Waals surface area contributed by atoms with Crippen LogP contribution >= 0.6 is 0 Å². The van der Waals surface area contributed by atoms with Crippen LogP contribution in [0.4, 0.5) is 5.69 Å². The first kappa shape index (κ1) is 10.6. The number of nitriles is 1. The van der Waals surface area contributed by atoms with Gasteiger partial charge in [0.1, 0.15) is 0 Å². The predicted octanol–water partition coefficient (Wildman–Crippen LogP) is 2.73. The second kappa shape index (κ2) is 4.66. The molecule has 0 saturated heterocycles. The smallest absolute Gasteiger partial charge is 0.0643 e. The van der Waals surface area contributed by atoms with Gasteiger partial charge < -0.3 is 4.90 Å². The Morgan fingerprint density at radius 2 is 2.07 bits per heavy atom. The Hall–Kier alpha value is -1.49. The van der Waals surface area contributed by atoms with Crippen molar-refractivity contribution in [3.05, 3.63) is 29.8 Å². The van der Waals surface area contributed by atoms with Gasteiger partial charge in [-0.2, -0.15) is 5.26 Å². The molecular formula is C12H16N2. The van der Waals surface area contributed by atoms with E-state index in [0.717, 1.165) is 0 Å². The molecule has 14 heavy (non-hydrogen) atoms. The summed E-state index contributed by atoms with van der Waals surface area (Å²) in [5, 5.41) is 8.63. The lowest BCUT2D eigenvalue weighted by Crippen LogP contribution is -2.28.